The van der Waals surface area contributed by atoms with Crippen molar-refractivity contribution in [2.24, 2.45) is 0 Å². The Morgan fingerprint density at radius 3 is 1.76 bits per heavy atom. The van der Waals surface area contributed by atoms with Crippen molar-refractivity contribution in [3.63, 3.8) is 0 Å². The Kier molecular flexibility index (Phi) is 4.34. The molecule has 0 aromatic heterocycles. The molecule has 0 saturated heterocycles. The van der Waals surface area contributed by atoms with E-state index in [0.717, 1.165) is 18.4 Å². The molecule has 0 heterocycles. The third-order valence-corrected chi connectivity index (χ3v) is 2.98. The molecule has 0 unspecified atom stereocenters. The minimum atomic E-state index is 0.129. The topological polar surface area (TPSA) is 20.2 Å². The summed E-state index contributed by atoms with van der Waals surface area (Å²) in [6.45, 7) is 0.129. The summed E-state index contributed by atoms with van der Waals surface area (Å²) in [5.74, 6) is 0. The molecule has 1 nitrogen and oxygen atoms in total. The zero-order valence-corrected chi connectivity index (χ0v) is 9.97. The van der Waals surface area contributed by atoms with E-state index in [1.165, 1.54) is 17.5 Å². The zero-order chi connectivity index (χ0) is 11.9. The van der Waals surface area contributed by atoms with E-state index in [1.54, 1.807) is 0 Å². The first kappa shape index (κ1) is 11.9. The second-order valence-corrected chi connectivity index (χ2v) is 4.31. The molecule has 0 radical (unpaired) electrons. The van der Waals surface area contributed by atoms with Crippen LogP contribution >= 0.6 is 0 Å². The summed E-state index contributed by atoms with van der Waals surface area (Å²) in [5, 5.41) is 8.95. The van der Waals surface area contributed by atoms with Gasteiger partial charge in [0.25, 0.3) is 0 Å². The first-order chi connectivity index (χ1) is 8.38. The van der Waals surface area contributed by atoms with Gasteiger partial charge >= 0.3 is 0 Å². The lowest BCUT2D eigenvalue weighted by molar-refractivity contribution is 0.282. The standard InChI is InChI=1S/C16H18O/c17-13-16-11-9-15(10-12-16)8-4-7-14-5-2-1-3-6-14/h1-3,5-6,9-12,17H,4,7-8,13H2. The fourth-order valence-corrected chi connectivity index (χ4v) is 1.95. The van der Waals surface area contributed by atoms with Crippen molar-refractivity contribution in [2.75, 3.05) is 0 Å². The Hall–Kier alpha value is -1.60. The lowest BCUT2D eigenvalue weighted by atomic mass is 10.0. The number of aliphatic hydroxyl groups is 1. The van der Waals surface area contributed by atoms with Gasteiger partial charge in [-0.2, -0.15) is 0 Å². The lowest BCUT2D eigenvalue weighted by Gasteiger charge is -2.03. The third kappa shape index (κ3) is 3.72. The van der Waals surface area contributed by atoms with Crippen LogP contribution in [0.3, 0.4) is 0 Å². The van der Waals surface area contributed by atoms with Crippen LogP contribution in [0.1, 0.15) is 23.1 Å². The lowest BCUT2D eigenvalue weighted by Crippen LogP contribution is -1.91. The van der Waals surface area contributed by atoms with Crippen LogP contribution < -0.4 is 0 Å². The van der Waals surface area contributed by atoms with Gasteiger partial charge in [0, 0.05) is 0 Å². The largest absolute Gasteiger partial charge is 0.392 e. The number of hydrogen-bond acceptors (Lipinski definition) is 1. The number of hydrogen-bond donors (Lipinski definition) is 1. The minimum absolute atomic E-state index is 0.129. The van der Waals surface area contributed by atoms with Gasteiger partial charge in [-0.3, -0.25) is 0 Å². The summed E-state index contributed by atoms with van der Waals surface area (Å²) >= 11 is 0. The molecule has 88 valence electrons. The summed E-state index contributed by atoms with van der Waals surface area (Å²) in [6.07, 6.45) is 3.39. The molecule has 2 aromatic carbocycles. The first-order valence-corrected chi connectivity index (χ1v) is 6.11. The molecule has 0 aliphatic rings. The van der Waals surface area contributed by atoms with E-state index >= 15 is 0 Å². The monoisotopic (exact) mass is 226 g/mol. The average molecular weight is 226 g/mol. The van der Waals surface area contributed by atoms with Gasteiger partial charge in [-0.15, -0.1) is 0 Å². The molecule has 0 saturated carbocycles. The minimum Gasteiger partial charge on any atom is -0.392 e. The molecule has 1 N–H and O–H groups in total. The second-order valence-electron chi connectivity index (χ2n) is 4.31. The quantitative estimate of drug-likeness (QED) is 0.829. The van der Waals surface area contributed by atoms with E-state index in [4.69, 9.17) is 5.11 Å². The van der Waals surface area contributed by atoms with Crippen molar-refractivity contribution in [2.45, 2.75) is 25.9 Å². The Balaban J connectivity index is 1.82. The molecule has 17 heavy (non-hydrogen) atoms. The van der Waals surface area contributed by atoms with Gasteiger partial charge in [0.15, 0.2) is 0 Å². The molecule has 2 rings (SSSR count). The third-order valence-electron chi connectivity index (χ3n) is 2.98. The van der Waals surface area contributed by atoms with Gasteiger partial charge in [-0.05, 0) is 36.0 Å². The van der Waals surface area contributed by atoms with Crippen molar-refractivity contribution >= 4 is 0 Å². The highest BCUT2D eigenvalue weighted by atomic mass is 16.3. The highest BCUT2D eigenvalue weighted by molar-refractivity contribution is 5.22. The highest BCUT2D eigenvalue weighted by Gasteiger charge is 1.96. The Morgan fingerprint density at radius 1 is 0.647 bits per heavy atom. The molecule has 1 heteroatoms. The van der Waals surface area contributed by atoms with Crippen molar-refractivity contribution in [3.05, 3.63) is 71.3 Å². The molecule has 0 bridgehead atoms. The van der Waals surface area contributed by atoms with Gasteiger partial charge in [0.2, 0.25) is 0 Å². The molecular weight excluding hydrogens is 208 g/mol. The number of aryl methyl sites for hydroxylation is 2. The van der Waals surface area contributed by atoms with Crippen LogP contribution in [0.5, 0.6) is 0 Å². The van der Waals surface area contributed by atoms with E-state index in [2.05, 4.69) is 42.5 Å². The van der Waals surface area contributed by atoms with E-state index in [1.807, 2.05) is 12.1 Å². The summed E-state index contributed by atoms with van der Waals surface area (Å²) in [4.78, 5) is 0. The van der Waals surface area contributed by atoms with Crippen LogP contribution in [-0.2, 0) is 19.4 Å². The van der Waals surface area contributed by atoms with E-state index in [9.17, 15) is 0 Å². The molecule has 0 atom stereocenters. The fraction of sp³-hybridized carbons (Fsp3) is 0.250. The van der Waals surface area contributed by atoms with E-state index < -0.39 is 0 Å². The van der Waals surface area contributed by atoms with Crippen LogP contribution in [-0.4, -0.2) is 5.11 Å². The maximum absolute atomic E-state index is 8.95. The maximum atomic E-state index is 8.95. The summed E-state index contributed by atoms with van der Waals surface area (Å²) in [5.41, 5.74) is 3.73. The van der Waals surface area contributed by atoms with Crippen LogP contribution in [0.4, 0.5) is 0 Å². The van der Waals surface area contributed by atoms with Crippen molar-refractivity contribution in [1.82, 2.24) is 0 Å². The summed E-state index contributed by atoms with van der Waals surface area (Å²) < 4.78 is 0. The van der Waals surface area contributed by atoms with Gasteiger partial charge < -0.3 is 5.11 Å². The Labute approximate surface area is 103 Å². The SMILES string of the molecule is OCc1ccc(CCCc2ccccc2)cc1. The predicted molar refractivity (Wildman–Crippen MR) is 70.8 cm³/mol. The van der Waals surface area contributed by atoms with Gasteiger partial charge in [-0.25, -0.2) is 0 Å². The Bertz CT molecular complexity index is 431. The number of aliphatic hydroxyl groups excluding tert-OH is 1. The molecule has 2 aromatic rings. The normalized spacial score (nSPS) is 10.4. The fourth-order valence-electron chi connectivity index (χ4n) is 1.95. The number of benzene rings is 2. The molecule has 0 amide bonds. The second kappa shape index (κ2) is 6.21. The summed E-state index contributed by atoms with van der Waals surface area (Å²) in [6, 6.07) is 18.8. The van der Waals surface area contributed by atoms with E-state index in [0.29, 0.717) is 0 Å². The Morgan fingerprint density at radius 2 is 1.18 bits per heavy atom. The van der Waals surface area contributed by atoms with Gasteiger partial charge in [0.1, 0.15) is 0 Å². The van der Waals surface area contributed by atoms with Crippen LogP contribution in [0.2, 0.25) is 0 Å². The smallest absolute Gasteiger partial charge is 0.0681 e. The molecule has 0 fully saturated rings. The molecule has 0 aliphatic heterocycles. The molecule has 0 aliphatic carbocycles. The summed E-state index contributed by atoms with van der Waals surface area (Å²) in [7, 11) is 0. The van der Waals surface area contributed by atoms with Crippen molar-refractivity contribution in [3.8, 4) is 0 Å². The molecular formula is C16H18O. The first-order valence-electron chi connectivity index (χ1n) is 6.11. The van der Waals surface area contributed by atoms with Gasteiger partial charge in [0.05, 0.1) is 6.61 Å². The zero-order valence-electron chi connectivity index (χ0n) is 9.97. The number of rotatable bonds is 5. The predicted octanol–water partition coefficient (Wildman–Crippen LogP) is 3.35. The maximum Gasteiger partial charge on any atom is 0.0681 e. The van der Waals surface area contributed by atoms with Gasteiger partial charge in [-0.1, -0.05) is 54.6 Å². The van der Waals surface area contributed by atoms with Crippen LogP contribution in [0.25, 0.3) is 0 Å². The van der Waals surface area contributed by atoms with Crippen LogP contribution in [0.15, 0.2) is 54.6 Å². The molecule has 0 spiro atoms. The van der Waals surface area contributed by atoms with Crippen molar-refractivity contribution in [1.29, 1.82) is 0 Å². The van der Waals surface area contributed by atoms with Crippen molar-refractivity contribution < 1.29 is 5.11 Å². The van der Waals surface area contributed by atoms with Crippen LogP contribution in [0, 0.1) is 0 Å². The highest BCUT2D eigenvalue weighted by Crippen LogP contribution is 2.09. The average Bonchev–Trinajstić information content (AvgIpc) is 2.41. The van der Waals surface area contributed by atoms with E-state index in [-0.39, 0.29) is 6.61 Å².